The number of methoxy groups -OCH3 is 1. The Hall–Kier alpha value is -1.00. The molecule has 5 heteroatoms. The van der Waals surface area contributed by atoms with Crippen LogP contribution in [0.25, 0.3) is 0 Å². The summed E-state index contributed by atoms with van der Waals surface area (Å²) in [4.78, 5) is 0. The summed E-state index contributed by atoms with van der Waals surface area (Å²) in [5.74, 6) is -0.475. The fourth-order valence-corrected chi connectivity index (χ4v) is 1.49. The lowest BCUT2D eigenvalue weighted by atomic mass is 10.2. The number of halogens is 2. The molecular weight excluding hydrogens is 231 g/mol. The number of rotatable bonds is 5. The summed E-state index contributed by atoms with van der Waals surface area (Å²) in [6.07, 6.45) is 0.820. The molecule has 3 nitrogen and oxygen atoms in total. The molecule has 0 fully saturated rings. The van der Waals surface area contributed by atoms with Gasteiger partial charge in [-0.15, -0.1) is 0 Å². The Bertz CT molecular complexity index is 360. The molecule has 1 unspecified atom stereocenters. The molecular formula is C11H16ClFN2O. The van der Waals surface area contributed by atoms with Gasteiger partial charge in [-0.05, 0) is 19.4 Å². The summed E-state index contributed by atoms with van der Waals surface area (Å²) in [7, 11) is 1.64. The van der Waals surface area contributed by atoms with Crippen molar-refractivity contribution in [3.8, 4) is 0 Å². The minimum absolute atomic E-state index is 0.0348. The molecule has 0 heterocycles. The molecule has 0 saturated carbocycles. The molecule has 3 N–H and O–H groups in total. The number of anilines is 2. The molecule has 0 amide bonds. The van der Waals surface area contributed by atoms with Gasteiger partial charge in [-0.3, -0.25) is 0 Å². The highest BCUT2D eigenvalue weighted by Gasteiger charge is 2.08. The predicted molar refractivity (Wildman–Crippen MR) is 65.4 cm³/mol. The first kappa shape index (κ1) is 13.1. The summed E-state index contributed by atoms with van der Waals surface area (Å²) < 4.78 is 18.2. The van der Waals surface area contributed by atoms with E-state index >= 15 is 0 Å². The molecule has 0 radical (unpaired) electrons. The van der Waals surface area contributed by atoms with Crippen LogP contribution in [0.15, 0.2) is 12.1 Å². The summed E-state index contributed by atoms with van der Waals surface area (Å²) in [6, 6.07) is 2.87. The summed E-state index contributed by atoms with van der Waals surface area (Å²) in [6.45, 7) is 2.62. The molecule has 16 heavy (non-hydrogen) atoms. The van der Waals surface area contributed by atoms with Gasteiger partial charge in [0.1, 0.15) is 5.82 Å². The van der Waals surface area contributed by atoms with Crippen LogP contribution < -0.4 is 11.1 Å². The highest BCUT2D eigenvalue weighted by Crippen LogP contribution is 2.26. The Balaban J connectivity index is 2.69. The Morgan fingerprint density at radius 2 is 2.25 bits per heavy atom. The molecule has 0 bridgehead atoms. The predicted octanol–water partition coefficient (Wildman–Crippen LogP) is 2.90. The molecule has 0 aromatic heterocycles. The second kappa shape index (κ2) is 5.92. The Labute approximate surface area is 99.7 Å². The maximum Gasteiger partial charge on any atom is 0.143 e. The monoisotopic (exact) mass is 246 g/mol. The van der Waals surface area contributed by atoms with Gasteiger partial charge in [-0.1, -0.05) is 11.6 Å². The van der Waals surface area contributed by atoms with E-state index in [1.807, 2.05) is 6.92 Å². The standard InChI is InChI=1S/C11H16ClFN2O/c1-7(3-4-16-2)15-11-6-9(13)8(12)5-10(11)14/h5-7,15H,3-4,14H2,1-2H3. The highest BCUT2D eigenvalue weighted by atomic mass is 35.5. The van der Waals surface area contributed by atoms with Gasteiger partial charge >= 0.3 is 0 Å². The van der Waals surface area contributed by atoms with Gasteiger partial charge in [0.25, 0.3) is 0 Å². The molecule has 1 rings (SSSR count). The number of nitrogens with two attached hydrogens (primary N) is 1. The molecule has 0 spiro atoms. The van der Waals surface area contributed by atoms with Gasteiger partial charge < -0.3 is 15.8 Å². The number of nitrogens with one attached hydrogen (secondary N) is 1. The van der Waals surface area contributed by atoms with Crippen molar-refractivity contribution in [2.75, 3.05) is 24.8 Å². The van der Waals surface area contributed by atoms with Crippen molar-refractivity contribution in [1.29, 1.82) is 0 Å². The fourth-order valence-electron chi connectivity index (χ4n) is 1.32. The minimum atomic E-state index is -0.475. The Kier molecular flexibility index (Phi) is 4.83. The van der Waals surface area contributed by atoms with Crippen LogP contribution in [0.3, 0.4) is 0 Å². The Morgan fingerprint density at radius 1 is 1.56 bits per heavy atom. The van der Waals surface area contributed by atoms with Crippen LogP contribution in [0.2, 0.25) is 5.02 Å². The molecule has 0 saturated heterocycles. The van der Waals surface area contributed by atoms with Crippen molar-refractivity contribution >= 4 is 23.0 Å². The molecule has 1 aromatic carbocycles. The number of hydrogen-bond donors (Lipinski definition) is 2. The van der Waals surface area contributed by atoms with E-state index < -0.39 is 5.82 Å². The van der Waals surface area contributed by atoms with Gasteiger partial charge in [0, 0.05) is 25.8 Å². The van der Waals surface area contributed by atoms with E-state index in [-0.39, 0.29) is 11.1 Å². The van der Waals surface area contributed by atoms with Crippen LogP contribution in [-0.2, 0) is 4.74 Å². The first-order valence-corrected chi connectivity index (χ1v) is 5.42. The zero-order chi connectivity index (χ0) is 12.1. The van der Waals surface area contributed by atoms with Crippen molar-refractivity contribution in [3.05, 3.63) is 23.0 Å². The largest absolute Gasteiger partial charge is 0.397 e. The number of hydrogen-bond acceptors (Lipinski definition) is 3. The van der Waals surface area contributed by atoms with Gasteiger partial charge in [0.15, 0.2) is 0 Å². The van der Waals surface area contributed by atoms with E-state index in [9.17, 15) is 4.39 Å². The van der Waals surface area contributed by atoms with E-state index in [0.717, 1.165) is 6.42 Å². The van der Waals surface area contributed by atoms with Gasteiger partial charge in [-0.25, -0.2) is 4.39 Å². The van der Waals surface area contributed by atoms with Crippen molar-refractivity contribution in [3.63, 3.8) is 0 Å². The van der Waals surface area contributed by atoms with Crippen molar-refractivity contribution in [2.24, 2.45) is 0 Å². The van der Waals surface area contributed by atoms with E-state index in [1.165, 1.54) is 12.1 Å². The van der Waals surface area contributed by atoms with Crippen LogP contribution >= 0.6 is 11.6 Å². The van der Waals surface area contributed by atoms with E-state index in [1.54, 1.807) is 7.11 Å². The zero-order valence-electron chi connectivity index (χ0n) is 9.39. The third kappa shape index (κ3) is 3.54. The zero-order valence-corrected chi connectivity index (χ0v) is 10.1. The fraction of sp³-hybridized carbons (Fsp3) is 0.455. The van der Waals surface area contributed by atoms with E-state index in [0.29, 0.717) is 18.0 Å². The third-order valence-corrected chi connectivity index (χ3v) is 2.54. The van der Waals surface area contributed by atoms with E-state index in [2.05, 4.69) is 5.32 Å². The minimum Gasteiger partial charge on any atom is -0.397 e. The molecule has 1 atom stereocenters. The maximum atomic E-state index is 13.2. The van der Waals surface area contributed by atoms with Crippen LogP contribution in [0.1, 0.15) is 13.3 Å². The second-order valence-corrected chi connectivity index (χ2v) is 4.09. The lowest BCUT2D eigenvalue weighted by Gasteiger charge is -2.16. The lowest BCUT2D eigenvalue weighted by Crippen LogP contribution is -2.18. The van der Waals surface area contributed by atoms with Gasteiger partial charge in [0.05, 0.1) is 16.4 Å². The normalized spacial score (nSPS) is 12.5. The first-order valence-electron chi connectivity index (χ1n) is 5.04. The first-order chi connectivity index (χ1) is 7.54. The third-order valence-electron chi connectivity index (χ3n) is 2.25. The quantitative estimate of drug-likeness (QED) is 0.786. The SMILES string of the molecule is COCCC(C)Nc1cc(F)c(Cl)cc1N. The number of benzene rings is 1. The molecule has 1 aromatic rings. The molecule has 90 valence electrons. The van der Waals surface area contributed by atoms with Gasteiger partial charge in [-0.2, -0.15) is 0 Å². The highest BCUT2D eigenvalue weighted by molar-refractivity contribution is 6.31. The number of ether oxygens (including phenoxy) is 1. The summed E-state index contributed by atoms with van der Waals surface area (Å²) in [5.41, 5.74) is 6.72. The van der Waals surface area contributed by atoms with Crippen molar-refractivity contribution in [2.45, 2.75) is 19.4 Å². The van der Waals surface area contributed by atoms with Crippen molar-refractivity contribution < 1.29 is 9.13 Å². The van der Waals surface area contributed by atoms with Crippen LogP contribution in [0.5, 0.6) is 0 Å². The molecule has 0 aliphatic rings. The number of nitrogen functional groups attached to an aromatic ring is 1. The van der Waals surface area contributed by atoms with E-state index in [4.69, 9.17) is 22.1 Å². The average Bonchev–Trinajstić information content (AvgIpc) is 2.23. The van der Waals surface area contributed by atoms with Crippen LogP contribution in [0, 0.1) is 5.82 Å². The molecule has 0 aliphatic carbocycles. The topological polar surface area (TPSA) is 47.3 Å². The van der Waals surface area contributed by atoms with Crippen LogP contribution in [-0.4, -0.2) is 19.8 Å². The summed E-state index contributed by atoms with van der Waals surface area (Å²) >= 11 is 5.60. The van der Waals surface area contributed by atoms with Crippen molar-refractivity contribution in [1.82, 2.24) is 0 Å². The lowest BCUT2D eigenvalue weighted by molar-refractivity contribution is 0.191. The van der Waals surface area contributed by atoms with Gasteiger partial charge in [0.2, 0.25) is 0 Å². The Morgan fingerprint density at radius 3 is 2.88 bits per heavy atom. The average molecular weight is 247 g/mol. The summed E-state index contributed by atoms with van der Waals surface area (Å²) in [5, 5.41) is 3.14. The smallest absolute Gasteiger partial charge is 0.143 e. The molecule has 0 aliphatic heterocycles. The maximum absolute atomic E-state index is 13.2. The van der Waals surface area contributed by atoms with Crippen LogP contribution in [0.4, 0.5) is 15.8 Å². The second-order valence-electron chi connectivity index (χ2n) is 3.68.